The lowest BCUT2D eigenvalue weighted by atomic mass is 10.0. The quantitative estimate of drug-likeness (QED) is 0.312. The molecule has 0 aliphatic carbocycles. The Labute approximate surface area is 103 Å². The maximum Gasteiger partial charge on any atom is -0.0317 e. The molecule has 94 valence electrons. The van der Waals surface area contributed by atoms with E-state index in [4.69, 9.17) is 0 Å². The van der Waals surface area contributed by atoms with E-state index in [9.17, 15) is 0 Å². The highest BCUT2D eigenvalue weighted by atomic mass is 14.0. The summed E-state index contributed by atoms with van der Waals surface area (Å²) in [5, 5.41) is 0. The van der Waals surface area contributed by atoms with E-state index in [1.807, 2.05) is 0 Å². The number of allylic oxidation sites excluding steroid dienone is 4. The highest BCUT2D eigenvalue weighted by molar-refractivity contribution is 5.12. The molecule has 0 fully saturated rings. The minimum absolute atomic E-state index is 1.21. The van der Waals surface area contributed by atoms with E-state index in [1.54, 1.807) is 5.57 Å². The van der Waals surface area contributed by atoms with Gasteiger partial charge < -0.3 is 0 Å². The first-order valence-corrected chi connectivity index (χ1v) is 7.19. The summed E-state index contributed by atoms with van der Waals surface area (Å²) < 4.78 is 0. The van der Waals surface area contributed by atoms with Crippen molar-refractivity contribution in [2.75, 3.05) is 0 Å². The summed E-state index contributed by atoms with van der Waals surface area (Å²) in [6, 6.07) is 0. The van der Waals surface area contributed by atoms with Crippen LogP contribution in [0.2, 0.25) is 0 Å². The summed E-state index contributed by atoms with van der Waals surface area (Å²) in [5.74, 6) is 0. The van der Waals surface area contributed by atoms with Gasteiger partial charge in [-0.15, -0.1) is 0 Å². The monoisotopic (exact) mass is 222 g/mol. The van der Waals surface area contributed by atoms with Crippen molar-refractivity contribution < 1.29 is 0 Å². The van der Waals surface area contributed by atoms with Crippen LogP contribution in [-0.2, 0) is 0 Å². The zero-order valence-corrected chi connectivity index (χ0v) is 11.6. The van der Waals surface area contributed by atoms with Crippen LogP contribution >= 0.6 is 0 Å². The summed E-state index contributed by atoms with van der Waals surface area (Å²) in [4.78, 5) is 0. The van der Waals surface area contributed by atoms with Crippen LogP contribution in [-0.4, -0.2) is 0 Å². The standard InChI is InChI=1S/C16H30/c1-4-7-9-10-11-13-15-16(6-3)14-12-8-5-2/h11,13,15H,4-10,12,14H2,1-3H3. The van der Waals surface area contributed by atoms with Gasteiger partial charge in [-0.2, -0.15) is 0 Å². The van der Waals surface area contributed by atoms with Gasteiger partial charge in [-0.1, -0.05) is 70.3 Å². The third-order valence-electron chi connectivity index (χ3n) is 3.00. The summed E-state index contributed by atoms with van der Waals surface area (Å²) in [5.41, 5.74) is 1.61. The fourth-order valence-corrected chi connectivity index (χ4v) is 1.79. The molecular formula is C16H30. The lowest BCUT2D eigenvalue weighted by Gasteiger charge is -2.02. The van der Waals surface area contributed by atoms with E-state index in [1.165, 1.54) is 57.8 Å². The summed E-state index contributed by atoms with van der Waals surface area (Å²) >= 11 is 0. The van der Waals surface area contributed by atoms with Gasteiger partial charge in [0.15, 0.2) is 0 Å². The SMILES string of the molecule is CCCCCC=CC=C(CC)CCCCC. The molecule has 0 heteroatoms. The predicted octanol–water partition coefficient (Wildman–Crippen LogP) is 6.04. The minimum Gasteiger partial charge on any atom is -0.0845 e. The van der Waals surface area contributed by atoms with E-state index in [0.29, 0.717) is 0 Å². The third-order valence-corrected chi connectivity index (χ3v) is 3.00. The van der Waals surface area contributed by atoms with Crippen molar-refractivity contribution in [1.82, 2.24) is 0 Å². The van der Waals surface area contributed by atoms with Crippen molar-refractivity contribution in [2.45, 2.75) is 78.6 Å². The largest absolute Gasteiger partial charge is 0.0845 e. The van der Waals surface area contributed by atoms with Gasteiger partial charge in [0, 0.05) is 0 Å². The fourth-order valence-electron chi connectivity index (χ4n) is 1.79. The molecule has 0 aromatic rings. The Morgan fingerprint density at radius 1 is 0.875 bits per heavy atom. The fraction of sp³-hybridized carbons (Fsp3) is 0.750. The molecule has 0 aromatic carbocycles. The van der Waals surface area contributed by atoms with Crippen LogP contribution in [0.15, 0.2) is 23.8 Å². The molecule has 0 heterocycles. The Balaban J connectivity index is 3.69. The average Bonchev–Trinajstić information content (AvgIpc) is 2.31. The Kier molecular flexibility index (Phi) is 12.1. The first-order valence-electron chi connectivity index (χ1n) is 7.19. The van der Waals surface area contributed by atoms with Gasteiger partial charge in [0.05, 0.1) is 0 Å². The maximum atomic E-state index is 2.33. The molecule has 0 atom stereocenters. The van der Waals surface area contributed by atoms with Gasteiger partial charge in [-0.25, -0.2) is 0 Å². The van der Waals surface area contributed by atoms with Crippen LogP contribution in [0.4, 0.5) is 0 Å². The van der Waals surface area contributed by atoms with E-state index in [2.05, 4.69) is 39.0 Å². The number of rotatable bonds is 10. The van der Waals surface area contributed by atoms with Crippen LogP contribution < -0.4 is 0 Å². The second kappa shape index (κ2) is 12.5. The third kappa shape index (κ3) is 10.0. The van der Waals surface area contributed by atoms with E-state index in [-0.39, 0.29) is 0 Å². The molecule has 0 N–H and O–H groups in total. The molecule has 0 unspecified atom stereocenters. The highest BCUT2D eigenvalue weighted by Gasteiger charge is 1.92. The number of unbranched alkanes of at least 4 members (excludes halogenated alkanes) is 5. The summed E-state index contributed by atoms with van der Waals surface area (Å²) in [6.07, 6.45) is 18.8. The molecule has 0 aliphatic heterocycles. The van der Waals surface area contributed by atoms with Gasteiger partial charge in [0.1, 0.15) is 0 Å². The van der Waals surface area contributed by atoms with E-state index >= 15 is 0 Å². The molecule has 16 heavy (non-hydrogen) atoms. The second-order valence-corrected chi connectivity index (χ2v) is 4.56. The van der Waals surface area contributed by atoms with Crippen molar-refractivity contribution in [3.05, 3.63) is 23.8 Å². The van der Waals surface area contributed by atoms with E-state index in [0.717, 1.165) is 0 Å². The Morgan fingerprint density at radius 3 is 2.19 bits per heavy atom. The molecular weight excluding hydrogens is 192 g/mol. The Hall–Kier alpha value is -0.520. The van der Waals surface area contributed by atoms with Gasteiger partial charge in [-0.3, -0.25) is 0 Å². The molecule has 0 saturated heterocycles. The molecule has 0 rings (SSSR count). The van der Waals surface area contributed by atoms with Crippen molar-refractivity contribution in [2.24, 2.45) is 0 Å². The number of hydrogen-bond donors (Lipinski definition) is 0. The van der Waals surface area contributed by atoms with Crippen LogP contribution in [0.1, 0.15) is 78.6 Å². The first-order chi connectivity index (χ1) is 7.85. The lowest BCUT2D eigenvalue weighted by Crippen LogP contribution is -1.82. The molecule has 0 spiro atoms. The van der Waals surface area contributed by atoms with Gasteiger partial charge >= 0.3 is 0 Å². The molecule has 0 bridgehead atoms. The summed E-state index contributed by atoms with van der Waals surface area (Å²) in [6.45, 7) is 6.79. The topological polar surface area (TPSA) is 0 Å². The Morgan fingerprint density at radius 2 is 1.56 bits per heavy atom. The normalized spacial score (nSPS) is 12.6. The number of hydrogen-bond acceptors (Lipinski definition) is 0. The molecule has 0 aliphatic rings. The molecule has 0 amide bonds. The van der Waals surface area contributed by atoms with Crippen LogP contribution in [0.25, 0.3) is 0 Å². The maximum absolute atomic E-state index is 2.33. The van der Waals surface area contributed by atoms with Crippen LogP contribution in [0, 0.1) is 0 Å². The second-order valence-electron chi connectivity index (χ2n) is 4.56. The van der Waals surface area contributed by atoms with Crippen molar-refractivity contribution in [3.63, 3.8) is 0 Å². The zero-order chi connectivity index (χ0) is 12.1. The van der Waals surface area contributed by atoms with Gasteiger partial charge in [0.2, 0.25) is 0 Å². The highest BCUT2D eigenvalue weighted by Crippen LogP contribution is 2.12. The van der Waals surface area contributed by atoms with Gasteiger partial charge in [-0.05, 0) is 32.1 Å². The minimum atomic E-state index is 1.21. The van der Waals surface area contributed by atoms with E-state index < -0.39 is 0 Å². The van der Waals surface area contributed by atoms with Crippen molar-refractivity contribution in [3.8, 4) is 0 Å². The van der Waals surface area contributed by atoms with Crippen LogP contribution in [0.3, 0.4) is 0 Å². The van der Waals surface area contributed by atoms with Gasteiger partial charge in [0.25, 0.3) is 0 Å². The first kappa shape index (κ1) is 15.5. The van der Waals surface area contributed by atoms with Crippen molar-refractivity contribution >= 4 is 0 Å². The molecule has 0 radical (unpaired) electrons. The van der Waals surface area contributed by atoms with Crippen LogP contribution in [0.5, 0.6) is 0 Å². The molecule has 0 aromatic heterocycles. The predicted molar refractivity (Wildman–Crippen MR) is 75.8 cm³/mol. The molecule has 0 nitrogen and oxygen atoms in total. The smallest absolute Gasteiger partial charge is 0.0317 e. The Bertz CT molecular complexity index is 186. The van der Waals surface area contributed by atoms with Crippen molar-refractivity contribution in [1.29, 1.82) is 0 Å². The summed E-state index contributed by atoms with van der Waals surface area (Å²) in [7, 11) is 0. The zero-order valence-electron chi connectivity index (χ0n) is 11.6. The molecule has 0 saturated carbocycles. The lowest BCUT2D eigenvalue weighted by molar-refractivity contribution is 0.702. The average molecular weight is 222 g/mol.